The number of aromatic nitrogens is 1. The first-order chi connectivity index (χ1) is 14.1. The lowest BCUT2D eigenvalue weighted by Crippen LogP contribution is -2.30. The van der Waals surface area contributed by atoms with Crippen molar-refractivity contribution in [1.82, 2.24) is 15.2 Å². The third-order valence-electron chi connectivity index (χ3n) is 4.73. The number of halogens is 1. The zero-order valence-corrected chi connectivity index (χ0v) is 15.6. The number of nitrogens with one attached hydrogen (secondary N) is 2. The molecule has 0 radical (unpaired) electrons. The van der Waals surface area contributed by atoms with Crippen LogP contribution in [0, 0.1) is 5.82 Å². The Morgan fingerprint density at radius 2 is 1.79 bits per heavy atom. The number of hydrogen-bond acceptors (Lipinski definition) is 3. The number of carbonyl (C=O) groups is 2. The summed E-state index contributed by atoms with van der Waals surface area (Å²) in [5.41, 5.74) is 3.61. The van der Waals surface area contributed by atoms with Gasteiger partial charge in [-0.25, -0.2) is 9.18 Å². The van der Waals surface area contributed by atoms with Gasteiger partial charge in [-0.3, -0.25) is 9.78 Å². The quantitative estimate of drug-likeness (QED) is 0.713. The monoisotopic (exact) mass is 390 g/mol. The molecular formula is C22H19FN4O2. The van der Waals surface area contributed by atoms with Gasteiger partial charge in [-0.2, -0.15) is 0 Å². The van der Waals surface area contributed by atoms with Gasteiger partial charge >= 0.3 is 6.03 Å². The summed E-state index contributed by atoms with van der Waals surface area (Å²) in [6, 6.07) is 16.5. The van der Waals surface area contributed by atoms with E-state index >= 15 is 0 Å². The van der Waals surface area contributed by atoms with Gasteiger partial charge in [0.05, 0.1) is 12.2 Å². The van der Waals surface area contributed by atoms with E-state index in [1.54, 1.807) is 41.4 Å². The van der Waals surface area contributed by atoms with Crippen molar-refractivity contribution >= 4 is 17.6 Å². The predicted octanol–water partition coefficient (Wildman–Crippen LogP) is 3.70. The van der Waals surface area contributed by atoms with Gasteiger partial charge in [-0.1, -0.05) is 12.1 Å². The van der Waals surface area contributed by atoms with E-state index in [1.165, 1.54) is 12.1 Å². The van der Waals surface area contributed by atoms with Crippen LogP contribution in [0.2, 0.25) is 0 Å². The van der Waals surface area contributed by atoms with Crippen LogP contribution >= 0.6 is 0 Å². The molecule has 1 aromatic heterocycles. The van der Waals surface area contributed by atoms with E-state index in [2.05, 4.69) is 15.6 Å². The van der Waals surface area contributed by atoms with Crippen molar-refractivity contribution in [2.75, 3.05) is 5.32 Å². The van der Waals surface area contributed by atoms with E-state index in [4.69, 9.17) is 0 Å². The molecule has 0 saturated heterocycles. The summed E-state index contributed by atoms with van der Waals surface area (Å²) in [6.45, 7) is 1.15. The Morgan fingerprint density at radius 3 is 2.55 bits per heavy atom. The van der Waals surface area contributed by atoms with Crippen LogP contribution in [0.5, 0.6) is 0 Å². The standard InChI is InChI=1S/C22H19FN4O2/c23-18-7-4-16-13-27(14-17(16)11-18)22(29)26-19-8-5-15(6-9-19)21(28)25-12-20-3-1-2-10-24-20/h1-11H,12-14H2,(H,25,28)(H,26,29). The summed E-state index contributed by atoms with van der Waals surface area (Å²) >= 11 is 0. The molecule has 0 fully saturated rings. The van der Waals surface area contributed by atoms with Crippen molar-refractivity contribution in [3.63, 3.8) is 0 Å². The lowest BCUT2D eigenvalue weighted by molar-refractivity contribution is 0.0950. The lowest BCUT2D eigenvalue weighted by atomic mass is 10.1. The minimum atomic E-state index is -0.303. The van der Waals surface area contributed by atoms with Crippen LogP contribution in [0.3, 0.4) is 0 Å². The fourth-order valence-electron chi connectivity index (χ4n) is 3.19. The first-order valence-corrected chi connectivity index (χ1v) is 9.20. The van der Waals surface area contributed by atoms with E-state index in [-0.39, 0.29) is 17.8 Å². The maximum atomic E-state index is 13.3. The zero-order valence-electron chi connectivity index (χ0n) is 15.6. The molecule has 29 heavy (non-hydrogen) atoms. The number of amides is 3. The molecule has 0 saturated carbocycles. The Balaban J connectivity index is 1.32. The van der Waals surface area contributed by atoms with Crippen LogP contribution in [0.1, 0.15) is 27.2 Å². The van der Waals surface area contributed by atoms with Gasteiger partial charge in [0, 0.05) is 30.5 Å². The third kappa shape index (κ3) is 4.40. The van der Waals surface area contributed by atoms with Crippen LogP contribution in [-0.4, -0.2) is 21.8 Å². The first kappa shape index (κ1) is 18.6. The third-order valence-corrected chi connectivity index (χ3v) is 4.73. The second-order valence-corrected chi connectivity index (χ2v) is 6.78. The number of rotatable bonds is 4. The van der Waals surface area contributed by atoms with Gasteiger partial charge in [-0.05, 0) is 59.7 Å². The van der Waals surface area contributed by atoms with Crippen molar-refractivity contribution in [3.8, 4) is 0 Å². The van der Waals surface area contributed by atoms with Crippen LogP contribution in [-0.2, 0) is 19.6 Å². The average Bonchev–Trinajstić information content (AvgIpc) is 3.17. The molecule has 7 heteroatoms. The minimum absolute atomic E-state index is 0.217. The fraction of sp³-hybridized carbons (Fsp3) is 0.136. The van der Waals surface area contributed by atoms with Gasteiger partial charge < -0.3 is 15.5 Å². The second kappa shape index (κ2) is 8.10. The van der Waals surface area contributed by atoms with E-state index < -0.39 is 0 Å². The van der Waals surface area contributed by atoms with Crippen LogP contribution in [0.4, 0.5) is 14.9 Å². The molecule has 0 bridgehead atoms. The number of nitrogens with zero attached hydrogens (tertiary/aromatic N) is 2. The molecule has 0 unspecified atom stereocenters. The summed E-state index contributed by atoms with van der Waals surface area (Å²) in [6.07, 6.45) is 1.67. The summed E-state index contributed by atoms with van der Waals surface area (Å²) in [7, 11) is 0. The van der Waals surface area contributed by atoms with Crippen molar-refractivity contribution in [2.45, 2.75) is 19.6 Å². The second-order valence-electron chi connectivity index (χ2n) is 6.78. The van der Waals surface area contributed by atoms with Gasteiger partial charge in [0.1, 0.15) is 5.82 Å². The SMILES string of the molecule is O=C(NCc1ccccn1)c1ccc(NC(=O)N2Cc3ccc(F)cc3C2)cc1. The van der Waals surface area contributed by atoms with Crippen molar-refractivity contribution in [3.05, 3.63) is 95.1 Å². The van der Waals surface area contributed by atoms with Crippen molar-refractivity contribution in [2.24, 2.45) is 0 Å². The van der Waals surface area contributed by atoms with Crippen LogP contribution < -0.4 is 10.6 Å². The Kier molecular flexibility index (Phi) is 5.20. The summed E-state index contributed by atoms with van der Waals surface area (Å²) < 4.78 is 13.3. The summed E-state index contributed by atoms with van der Waals surface area (Å²) in [5.74, 6) is -0.520. The van der Waals surface area contributed by atoms with E-state index in [1.807, 2.05) is 18.2 Å². The van der Waals surface area contributed by atoms with E-state index in [0.717, 1.165) is 16.8 Å². The Labute approximate surface area is 167 Å². The smallest absolute Gasteiger partial charge is 0.322 e. The lowest BCUT2D eigenvalue weighted by Gasteiger charge is -2.16. The molecule has 146 valence electrons. The highest BCUT2D eigenvalue weighted by Gasteiger charge is 2.23. The maximum Gasteiger partial charge on any atom is 0.322 e. The molecule has 2 N–H and O–H groups in total. The fourth-order valence-corrected chi connectivity index (χ4v) is 3.19. The summed E-state index contributed by atoms with van der Waals surface area (Å²) in [5, 5.41) is 5.62. The highest BCUT2D eigenvalue weighted by Crippen LogP contribution is 2.24. The highest BCUT2D eigenvalue weighted by molar-refractivity contribution is 5.95. The highest BCUT2D eigenvalue weighted by atomic mass is 19.1. The largest absolute Gasteiger partial charge is 0.346 e. The minimum Gasteiger partial charge on any atom is -0.346 e. The number of benzene rings is 2. The molecule has 4 rings (SSSR count). The molecule has 0 atom stereocenters. The van der Waals surface area contributed by atoms with E-state index in [9.17, 15) is 14.0 Å². The average molecular weight is 390 g/mol. The maximum absolute atomic E-state index is 13.3. The molecular weight excluding hydrogens is 371 g/mol. The molecule has 3 amide bonds. The Morgan fingerprint density at radius 1 is 1.00 bits per heavy atom. The molecule has 2 aromatic carbocycles. The molecule has 0 aliphatic carbocycles. The number of carbonyl (C=O) groups excluding carboxylic acids is 2. The van der Waals surface area contributed by atoms with Crippen molar-refractivity contribution in [1.29, 1.82) is 0 Å². The molecule has 3 aromatic rings. The molecule has 1 aliphatic rings. The van der Waals surface area contributed by atoms with E-state index in [0.29, 0.717) is 30.9 Å². The van der Waals surface area contributed by atoms with Gasteiger partial charge in [0.25, 0.3) is 5.91 Å². The normalized spacial score (nSPS) is 12.4. The molecule has 1 aliphatic heterocycles. The molecule has 2 heterocycles. The molecule has 0 spiro atoms. The number of hydrogen-bond donors (Lipinski definition) is 2. The van der Waals surface area contributed by atoms with Crippen molar-refractivity contribution < 1.29 is 14.0 Å². The number of anilines is 1. The Hall–Kier alpha value is -3.74. The van der Waals surface area contributed by atoms with Gasteiger partial charge in [0.2, 0.25) is 0 Å². The zero-order chi connectivity index (χ0) is 20.2. The van der Waals surface area contributed by atoms with Crippen LogP contribution in [0.25, 0.3) is 0 Å². The predicted molar refractivity (Wildman–Crippen MR) is 107 cm³/mol. The first-order valence-electron chi connectivity index (χ1n) is 9.20. The number of pyridine rings is 1. The van der Waals surface area contributed by atoms with Gasteiger partial charge in [0.15, 0.2) is 0 Å². The Bertz CT molecular complexity index is 1040. The topological polar surface area (TPSA) is 74.3 Å². The summed E-state index contributed by atoms with van der Waals surface area (Å²) in [4.78, 5) is 30.5. The van der Waals surface area contributed by atoms with Crippen LogP contribution in [0.15, 0.2) is 66.9 Å². The van der Waals surface area contributed by atoms with Gasteiger partial charge in [-0.15, -0.1) is 0 Å². The molecule has 6 nitrogen and oxygen atoms in total. The number of fused-ring (bicyclic) bond motifs is 1. The number of urea groups is 1.